The zero-order valence-corrected chi connectivity index (χ0v) is 15.8. The fourth-order valence-electron chi connectivity index (χ4n) is 2.18. The number of rotatable bonds is 7. The number of nitrogens with one attached hydrogen (secondary N) is 1. The standard InChI is InChI=1S/C15H20N4O4S2/c1-4-23-11-7-5-10(6-8-11)17-12(20)9-19-14(16)13(25(3,21)22)15(18-19)24-2/h5-8H,4,9,16H2,1-3H3,(H,17,20). The summed E-state index contributed by atoms with van der Waals surface area (Å²) in [5, 5.41) is 7.09. The Labute approximate surface area is 150 Å². The van der Waals surface area contributed by atoms with Crippen LogP contribution in [-0.2, 0) is 21.2 Å². The van der Waals surface area contributed by atoms with Crippen LogP contribution < -0.4 is 15.8 Å². The molecule has 0 unspecified atom stereocenters. The molecule has 3 N–H and O–H groups in total. The van der Waals surface area contributed by atoms with Crippen molar-refractivity contribution in [2.45, 2.75) is 23.4 Å². The molecule has 2 rings (SSSR count). The molecule has 0 aliphatic rings. The molecule has 0 saturated carbocycles. The van der Waals surface area contributed by atoms with Gasteiger partial charge in [-0.2, -0.15) is 5.10 Å². The highest BCUT2D eigenvalue weighted by atomic mass is 32.2. The average Bonchev–Trinajstić information content (AvgIpc) is 2.85. The zero-order valence-electron chi connectivity index (χ0n) is 14.1. The first-order valence-corrected chi connectivity index (χ1v) is 10.5. The third-order valence-electron chi connectivity index (χ3n) is 3.22. The van der Waals surface area contributed by atoms with Crippen molar-refractivity contribution < 1.29 is 17.9 Å². The summed E-state index contributed by atoms with van der Waals surface area (Å²) in [6, 6.07) is 6.92. The third kappa shape index (κ3) is 4.67. The Balaban J connectivity index is 2.14. The van der Waals surface area contributed by atoms with E-state index >= 15 is 0 Å². The van der Waals surface area contributed by atoms with Gasteiger partial charge in [0.15, 0.2) is 9.84 Å². The molecule has 2 aromatic rings. The predicted octanol–water partition coefficient (Wildman–Crippen LogP) is 1.63. The smallest absolute Gasteiger partial charge is 0.246 e. The van der Waals surface area contributed by atoms with Crippen LogP contribution in [0.15, 0.2) is 34.2 Å². The van der Waals surface area contributed by atoms with Gasteiger partial charge in [0.2, 0.25) is 5.91 Å². The number of ether oxygens (including phenoxy) is 1. The molecule has 0 spiro atoms. The van der Waals surface area contributed by atoms with Crippen molar-refractivity contribution in [1.29, 1.82) is 0 Å². The molecule has 1 aromatic heterocycles. The van der Waals surface area contributed by atoms with Gasteiger partial charge in [-0.25, -0.2) is 13.1 Å². The van der Waals surface area contributed by atoms with Crippen molar-refractivity contribution in [3.05, 3.63) is 24.3 Å². The van der Waals surface area contributed by atoms with Gasteiger partial charge in [0.1, 0.15) is 28.0 Å². The van der Waals surface area contributed by atoms with Gasteiger partial charge >= 0.3 is 0 Å². The first-order chi connectivity index (χ1) is 11.8. The fourth-order valence-corrected chi connectivity index (χ4v) is 4.19. The number of amides is 1. The number of sulfone groups is 1. The molecule has 0 bridgehead atoms. The summed E-state index contributed by atoms with van der Waals surface area (Å²) < 4.78 is 30.2. The Hall–Kier alpha value is -2.20. The van der Waals surface area contributed by atoms with Gasteiger partial charge in [0, 0.05) is 11.9 Å². The molecule has 0 fully saturated rings. The Morgan fingerprint density at radius 1 is 1.36 bits per heavy atom. The lowest BCUT2D eigenvalue weighted by atomic mass is 10.3. The number of hydrogen-bond acceptors (Lipinski definition) is 7. The van der Waals surface area contributed by atoms with Crippen molar-refractivity contribution in [3.8, 4) is 5.75 Å². The summed E-state index contributed by atoms with van der Waals surface area (Å²) in [6.45, 7) is 2.25. The molecule has 1 heterocycles. The van der Waals surface area contributed by atoms with Crippen molar-refractivity contribution in [1.82, 2.24) is 9.78 Å². The highest BCUT2D eigenvalue weighted by Gasteiger charge is 2.24. The summed E-state index contributed by atoms with van der Waals surface area (Å²) in [5.74, 6) is 0.291. The molecule has 0 aliphatic heterocycles. The molecule has 8 nitrogen and oxygen atoms in total. The first-order valence-electron chi connectivity index (χ1n) is 7.39. The van der Waals surface area contributed by atoms with E-state index in [0.29, 0.717) is 18.0 Å². The lowest BCUT2D eigenvalue weighted by Gasteiger charge is -2.08. The first kappa shape index (κ1) is 19.1. The van der Waals surface area contributed by atoms with E-state index < -0.39 is 9.84 Å². The minimum atomic E-state index is -3.54. The molecular weight excluding hydrogens is 364 g/mol. The maximum Gasteiger partial charge on any atom is 0.246 e. The Kier molecular flexibility index (Phi) is 5.96. The molecular formula is C15H20N4O4S2. The summed E-state index contributed by atoms with van der Waals surface area (Å²) in [4.78, 5) is 12.1. The second-order valence-corrected chi connectivity index (χ2v) is 7.91. The Morgan fingerprint density at radius 3 is 2.48 bits per heavy atom. The molecule has 0 saturated heterocycles. The number of carbonyl (C=O) groups is 1. The molecule has 136 valence electrons. The molecule has 0 atom stereocenters. The summed E-state index contributed by atoms with van der Waals surface area (Å²) in [6.07, 6.45) is 2.76. The minimum absolute atomic E-state index is 0.0473. The second kappa shape index (κ2) is 7.79. The van der Waals surface area contributed by atoms with Gasteiger partial charge in [0.25, 0.3) is 0 Å². The third-order valence-corrected chi connectivity index (χ3v) is 5.17. The van der Waals surface area contributed by atoms with Gasteiger partial charge in [-0.15, -0.1) is 11.8 Å². The van der Waals surface area contributed by atoms with Crippen molar-refractivity contribution in [2.24, 2.45) is 0 Å². The Bertz CT molecular complexity index is 860. The van der Waals surface area contributed by atoms with Crippen LogP contribution in [0.25, 0.3) is 0 Å². The van der Waals surface area contributed by atoms with Crippen LogP contribution in [0.4, 0.5) is 11.5 Å². The predicted molar refractivity (Wildman–Crippen MR) is 97.8 cm³/mol. The monoisotopic (exact) mass is 384 g/mol. The van der Waals surface area contributed by atoms with Crippen LogP contribution in [0.2, 0.25) is 0 Å². The number of thioether (sulfide) groups is 1. The number of aromatic nitrogens is 2. The SMILES string of the molecule is CCOc1ccc(NC(=O)Cn2nc(SC)c(S(C)(=O)=O)c2N)cc1. The van der Waals surface area contributed by atoms with Crippen molar-refractivity contribution in [3.63, 3.8) is 0 Å². The number of anilines is 2. The topological polar surface area (TPSA) is 116 Å². The normalized spacial score (nSPS) is 11.3. The molecule has 0 radical (unpaired) electrons. The number of hydrogen-bond donors (Lipinski definition) is 2. The molecule has 10 heteroatoms. The van der Waals surface area contributed by atoms with E-state index in [2.05, 4.69) is 10.4 Å². The zero-order chi connectivity index (χ0) is 18.6. The number of benzene rings is 1. The lowest BCUT2D eigenvalue weighted by Crippen LogP contribution is -2.20. The van der Waals surface area contributed by atoms with Gasteiger partial charge < -0.3 is 15.8 Å². The van der Waals surface area contributed by atoms with Crippen LogP contribution >= 0.6 is 11.8 Å². The van der Waals surface area contributed by atoms with Crippen LogP contribution in [0.1, 0.15) is 6.92 Å². The quantitative estimate of drug-likeness (QED) is 0.697. The van der Waals surface area contributed by atoms with Crippen LogP contribution in [0, 0.1) is 0 Å². The van der Waals surface area contributed by atoms with E-state index in [4.69, 9.17) is 10.5 Å². The summed E-state index contributed by atoms with van der Waals surface area (Å²) >= 11 is 1.16. The number of carbonyl (C=O) groups excluding carboxylic acids is 1. The highest BCUT2D eigenvalue weighted by molar-refractivity contribution is 7.99. The molecule has 0 aliphatic carbocycles. The van der Waals surface area contributed by atoms with Crippen LogP contribution in [-0.4, -0.2) is 43.2 Å². The maximum atomic E-state index is 12.2. The van der Waals surface area contributed by atoms with E-state index in [1.165, 1.54) is 4.68 Å². The fraction of sp³-hybridized carbons (Fsp3) is 0.333. The van der Waals surface area contributed by atoms with E-state index in [-0.39, 0.29) is 28.2 Å². The minimum Gasteiger partial charge on any atom is -0.494 e. The van der Waals surface area contributed by atoms with E-state index in [1.54, 1.807) is 30.5 Å². The van der Waals surface area contributed by atoms with Gasteiger partial charge in [-0.3, -0.25) is 4.79 Å². The van der Waals surface area contributed by atoms with Crippen LogP contribution in [0.5, 0.6) is 5.75 Å². The highest BCUT2D eigenvalue weighted by Crippen LogP contribution is 2.29. The Morgan fingerprint density at radius 2 is 2.00 bits per heavy atom. The summed E-state index contributed by atoms with van der Waals surface area (Å²) in [5.41, 5.74) is 6.46. The van der Waals surface area contributed by atoms with E-state index in [9.17, 15) is 13.2 Å². The van der Waals surface area contributed by atoms with Gasteiger partial charge in [0.05, 0.1) is 6.61 Å². The molecule has 1 aromatic carbocycles. The average molecular weight is 384 g/mol. The second-order valence-electron chi connectivity index (χ2n) is 5.16. The maximum absolute atomic E-state index is 12.2. The molecule has 25 heavy (non-hydrogen) atoms. The largest absolute Gasteiger partial charge is 0.494 e. The van der Waals surface area contributed by atoms with Crippen LogP contribution in [0.3, 0.4) is 0 Å². The molecule has 1 amide bonds. The number of nitrogen functional groups attached to an aromatic ring is 1. The van der Waals surface area contributed by atoms with Gasteiger partial charge in [-0.1, -0.05) is 0 Å². The van der Waals surface area contributed by atoms with E-state index in [1.807, 2.05) is 6.92 Å². The van der Waals surface area contributed by atoms with E-state index in [0.717, 1.165) is 18.0 Å². The van der Waals surface area contributed by atoms with Crippen molar-refractivity contribution >= 4 is 39.0 Å². The van der Waals surface area contributed by atoms with Gasteiger partial charge in [-0.05, 0) is 37.4 Å². The van der Waals surface area contributed by atoms with Crippen molar-refractivity contribution in [2.75, 3.05) is 30.2 Å². The lowest BCUT2D eigenvalue weighted by molar-refractivity contribution is -0.116. The number of nitrogens with two attached hydrogens (primary N) is 1. The summed E-state index contributed by atoms with van der Waals surface area (Å²) in [7, 11) is -3.54. The number of nitrogens with zero attached hydrogens (tertiary/aromatic N) is 2.